The molecule has 0 spiro atoms. The first-order valence-corrected chi connectivity index (χ1v) is 11.2. The topological polar surface area (TPSA) is 70.7 Å². The Kier molecular flexibility index (Phi) is 6.04. The van der Waals surface area contributed by atoms with E-state index in [2.05, 4.69) is 4.98 Å². The van der Waals surface area contributed by atoms with Crippen molar-refractivity contribution in [2.45, 2.75) is 19.6 Å². The summed E-state index contributed by atoms with van der Waals surface area (Å²) in [6.45, 7) is 0.880. The molecule has 0 aliphatic rings. The summed E-state index contributed by atoms with van der Waals surface area (Å²) in [6.07, 6.45) is 4.17. The second kappa shape index (κ2) is 9.29. The fourth-order valence-electron chi connectivity index (χ4n) is 4.12. The van der Waals surface area contributed by atoms with E-state index in [1.165, 1.54) is 0 Å². The van der Waals surface area contributed by atoms with Crippen LogP contribution in [0.4, 0.5) is 0 Å². The van der Waals surface area contributed by atoms with Gasteiger partial charge in [-0.1, -0.05) is 35.9 Å². The van der Waals surface area contributed by atoms with Gasteiger partial charge < -0.3 is 14.0 Å². The second-order valence-corrected chi connectivity index (χ2v) is 8.40. The maximum Gasteiger partial charge on any atom is 0.261 e. The van der Waals surface area contributed by atoms with Crippen molar-refractivity contribution < 1.29 is 9.47 Å². The van der Waals surface area contributed by atoms with Crippen LogP contribution in [0, 0.1) is 0 Å². The molecule has 0 amide bonds. The highest BCUT2D eigenvalue weighted by Crippen LogP contribution is 2.30. The molecule has 0 aliphatic heterocycles. The number of aromatic nitrogens is 4. The van der Waals surface area contributed by atoms with Crippen molar-refractivity contribution >= 4 is 28.2 Å². The molecule has 0 N–H and O–H groups in total. The van der Waals surface area contributed by atoms with Gasteiger partial charge in [-0.25, -0.2) is 9.50 Å². The number of aryl methyl sites for hydroxylation is 2. The van der Waals surface area contributed by atoms with Crippen molar-refractivity contribution in [2.75, 3.05) is 14.2 Å². The third kappa shape index (κ3) is 4.04. The van der Waals surface area contributed by atoms with Gasteiger partial charge in [0.05, 0.1) is 35.9 Å². The molecule has 0 unspecified atom stereocenters. The number of nitrogens with zero attached hydrogens (tertiary/aromatic N) is 4. The van der Waals surface area contributed by atoms with Gasteiger partial charge in [-0.05, 0) is 47.9 Å². The molecule has 7 nitrogen and oxygen atoms in total. The van der Waals surface area contributed by atoms with Gasteiger partial charge in [0.2, 0.25) is 0 Å². The minimum absolute atomic E-state index is 0.0998. The number of methoxy groups -OCH3 is 2. The molecule has 3 heterocycles. The van der Waals surface area contributed by atoms with E-state index in [0.717, 1.165) is 34.6 Å². The minimum atomic E-state index is -0.0998. The maximum atomic E-state index is 13.2. The van der Waals surface area contributed by atoms with Crippen LogP contribution in [-0.4, -0.2) is 33.4 Å². The Labute approximate surface area is 201 Å². The number of pyridine rings is 1. The van der Waals surface area contributed by atoms with Crippen LogP contribution in [0.3, 0.4) is 0 Å². The Hall–Kier alpha value is -3.68. The highest BCUT2D eigenvalue weighted by Gasteiger charge is 2.18. The molecular formula is C26H23ClN4O3. The van der Waals surface area contributed by atoms with Crippen LogP contribution in [0.1, 0.15) is 11.3 Å². The number of fused-ring (bicyclic) bond motifs is 3. The maximum absolute atomic E-state index is 13.2. The second-order valence-electron chi connectivity index (χ2n) is 7.97. The zero-order valence-electron chi connectivity index (χ0n) is 18.9. The lowest BCUT2D eigenvalue weighted by atomic mass is 10.1. The molecule has 0 radical (unpaired) electrons. The number of hydrogen-bond donors (Lipinski definition) is 0. The third-order valence-corrected chi connectivity index (χ3v) is 6.12. The number of halogens is 1. The van der Waals surface area contributed by atoms with E-state index in [1.807, 2.05) is 60.8 Å². The Balaban J connectivity index is 1.55. The van der Waals surface area contributed by atoms with Crippen LogP contribution in [0.25, 0.3) is 27.7 Å². The molecule has 172 valence electrons. The predicted molar refractivity (Wildman–Crippen MR) is 133 cm³/mol. The van der Waals surface area contributed by atoms with E-state index >= 15 is 0 Å². The lowest BCUT2D eigenvalue weighted by Crippen LogP contribution is -2.21. The van der Waals surface area contributed by atoms with Crippen LogP contribution in [-0.2, 0) is 24.3 Å². The largest absolute Gasteiger partial charge is 0.497 e. The Bertz CT molecular complexity index is 1520. The summed E-state index contributed by atoms with van der Waals surface area (Å²) in [6, 6.07) is 17.3. The number of rotatable bonds is 7. The lowest BCUT2D eigenvalue weighted by molar-refractivity contribution is 0.181. The summed E-state index contributed by atoms with van der Waals surface area (Å²) in [5, 5.41) is 5.91. The van der Waals surface area contributed by atoms with Crippen LogP contribution >= 0.6 is 11.6 Å². The molecule has 0 fully saturated rings. The summed E-state index contributed by atoms with van der Waals surface area (Å²) in [4.78, 5) is 17.9. The summed E-state index contributed by atoms with van der Waals surface area (Å²) >= 11 is 6.08. The summed E-state index contributed by atoms with van der Waals surface area (Å²) in [5.74, 6) is 0.812. The quantitative estimate of drug-likeness (QED) is 0.340. The monoisotopic (exact) mass is 474 g/mol. The molecule has 0 saturated carbocycles. The molecule has 0 bridgehead atoms. The lowest BCUT2D eigenvalue weighted by Gasteiger charge is -2.09. The van der Waals surface area contributed by atoms with Gasteiger partial charge in [0.1, 0.15) is 5.75 Å². The molecule has 0 atom stereocenters. The van der Waals surface area contributed by atoms with Crippen LogP contribution in [0.5, 0.6) is 5.75 Å². The first-order valence-electron chi connectivity index (χ1n) is 10.9. The molecule has 34 heavy (non-hydrogen) atoms. The molecule has 5 aromatic rings. The van der Waals surface area contributed by atoms with Crippen LogP contribution < -0.4 is 10.3 Å². The summed E-state index contributed by atoms with van der Waals surface area (Å²) in [7, 11) is 3.27. The number of hydrogen-bond acceptors (Lipinski definition) is 5. The highest BCUT2D eigenvalue weighted by molar-refractivity contribution is 6.30. The van der Waals surface area contributed by atoms with Gasteiger partial charge in [-0.2, -0.15) is 5.10 Å². The fraction of sp³-hybridized carbons (Fsp3) is 0.192. The average Bonchev–Trinajstić information content (AvgIpc) is 3.23. The first kappa shape index (κ1) is 22.1. The Morgan fingerprint density at radius 2 is 1.76 bits per heavy atom. The van der Waals surface area contributed by atoms with E-state index in [9.17, 15) is 4.79 Å². The molecule has 5 rings (SSSR count). The van der Waals surface area contributed by atoms with Crippen molar-refractivity contribution in [3.8, 4) is 16.9 Å². The van der Waals surface area contributed by atoms with E-state index in [-0.39, 0.29) is 5.56 Å². The normalized spacial score (nSPS) is 11.4. The Morgan fingerprint density at radius 3 is 2.47 bits per heavy atom. The predicted octanol–water partition coefficient (Wildman–Crippen LogP) is 4.76. The molecule has 3 aromatic heterocycles. The molecule has 0 aliphatic carbocycles. The zero-order valence-corrected chi connectivity index (χ0v) is 19.6. The molecule has 0 saturated heterocycles. The van der Waals surface area contributed by atoms with Gasteiger partial charge in [0.15, 0.2) is 5.65 Å². The SMILES string of the molecule is COCc1nn2c(ncc3c(=O)n(CCc4ccc(OC)cc4)ccc32)c1-c1ccc(Cl)cc1. The highest BCUT2D eigenvalue weighted by atomic mass is 35.5. The zero-order chi connectivity index (χ0) is 23.7. The van der Waals surface area contributed by atoms with Crippen molar-refractivity contribution in [3.63, 3.8) is 0 Å². The van der Waals surface area contributed by atoms with E-state index in [1.54, 1.807) is 29.5 Å². The van der Waals surface area contributed by atoms with E-state index in [0.29, 0.717) is 34.7 Å². The van der Waals surface area contributed by atoms with Gasteiger partial charge in [-0.3, -0.25) is 4.79 Å². The fourth-order valence-corrected chi connectivity index (χ4v) is 4.25. The van der Waals surface area contributed by atoms with Crippen molar-refractivity contribution in [2.24, 2.45) is 0 Å². The van der Waals surface area contributed by atoms with Gasteiger partial charge >= 0.3 is 0 Å². The average molecular weight is 475 g/mol. The van der Waals surface area contributed by atoms with Gasteiger partial charge in [-0.15, -0.1) is 0 Å². The van der Waals surface area contributed by atoms with E-state index in [4.69, 9.17) is 26.2 Å². The van der Waals surface area contributed by atoms with Crippen LogP contribution in [0.15, 0.2) is 71.8 Å². The van der Waals surface area contributed by atoms with E-state index < -0.39 is 0 Å². The van der Waals surface area contributed by atoms with Crippen LogP contribution in [0.2, 0.25) is 5.02 Å². The number of benzene rings is 2. The molecular weight excluding hydrogens is 452 g/mol. The standard InChI is InChI=1S/C26H23ClN4O3/c1-33-16-22-24(18-5-7-19(27)8-6-18)25-28-15-21-23(31(25)29-22)12-14-30(26(21)32)13-11-17-3-9-20(34-2)10-4-17/h3-10,12,14-15H,11,13,16H2,1-2H3. The van der Waals surface area contributed by atoms with Crippen molar-refractivity contribution in [1.82, 2.24) is 19.2 Å². The van der Waals surface area contributed by atoms with Gasteiger partial charge in [0.25, 0.3) is 5.56 Å². The van der Waals surface area contributed by atoms with Gasteiger partial charge in [0, 0.05) is 31.1 Å². The molecule has 2 aromatic carbocycles. The number of ether oxygens (including phenoxy) is 2. The molecule has 8 heteroatoms. The summed E-state index contributed by atoms with van der Waals surface area (Å²) < 4.78 is 14.0. The summed E-state index contributed by atoms with van der Waals surface area (Å²) in [5.41, 5.74) is 4.94. The minimum Gasteiger partial charge on any atom is -0.497 e. The third-order valence-electron chi connectivity index (χ3n) is 5.87. The first-order chi connectivity index (χ1) is 16.6. The smallest absolute Gasteiger partial charge is 0.261 e. The van der Waals surface area contributed by atoms with Crippen molar-refractivity contribution in [1.29, 1.82) is 0 Å². The van der Waals surface area contributed by atoms with Crippen molar-refractivity contribution in [3.05, 3.63) is 93.6 Å². The Morgan fingerprint density at radius 1 is 1.00 bits per heavy atom.